The van der Waals surface area contributed by atoms with Crippen LogP contribution in [0.25, 0.3) is 0 Å². The first kappa shape index (κ1) is 17.0. The van der Waals surface area contributed by atoms with Crippen molar-refractivity contribution in [3.05, 3.63) is 59.9 Å². The molecule has 2 fully saturated rings. The number of morpholine rings is 2. The van der Waals surface area contributed by atoms with Crippen molar-refractivity contribution in [1.82, 2.24) is 9.88 Å². The van der Waals surface area contributed by atoms with E-state index in [0.717, 1.165) is 43.1 Å². The van der Waals surface area contributed by atoms with Crippen LogP contribution < -0.4 is 4.90 Å². The normalized spacial score (nSPS) is 21.1. The summed E-state index contributed by atoms with van der Waals surface area (Å²) in [5.74, 6) is 0.0156. The molecule has 1 unspecified atom stereocenters. The van der Waals surface area contributed by atoms with Crippen molar-refractivity contribution in [3.63, 3.8) is 0 Å². The number of rotatable bonds is 4. The maximum absolute atomic E-state index is 12.6. The number of hydrogen-bond donors (Lipinski definition) is 0. The third kappa shape index (κ3) is 3.57. The molecular weight excluding hydrogens is 330 g/mol. The van der Waals surface area contributed by atoms with E-state index in [1.54, 1.807) is 6.20 Å². The van der Waals surface area contributed by atoms with Crippen LogP contribution >= 0.6 is 0 Å². The van der Waals surface area contributed by atoms with Gasteiger partial charge in [-0.25, -0.2) is 0 Å². The molecule has 26 heavy (non-hydrogen) atoms. The van der Waals surface area contributed by atoms with E-state index >= 15 is 0 Å². The zero-order valence-corrected chi connectivity index (χ0v) is 14.7. The molecule has 0 spiro atoms. The van der Waals surface area contributed by atoms with Crippen molar-refractivity contribution < 1.29 is 14.3 Å². The van der Waals surface area contributed by atoms with Gasteiger partial charge in [0.15, 0.2) is 0 Å². The van der Waals surface area contributed by atoms with Gasteiger partial charge in [-0.2, -0.15) is 0 Å². The minimum Gasteiger partial charge on any atom is -0.378 e. The van der Waals surface area contributed by atoms with Crippen LogP contribution in [0.4, 0.5) is 5.69 Å². The number of aromatic nitrogens is 1. The van der Waals surface area contributed by atoms with Crippen molar-refractivity contribution in [2.75, 3.05) is 44.4 Å². The monoisotopic (exact) mass is 353 g/mol. The molecule has 1 aromatic heterocycles. The number of amides is 1. The summed E-state index contributed by atoms with van der Waals surface area (Å²) < 4.78 is 11.1. The standard InChI is InChI=1S/C20H23N3O3/c24-20-15-26-14-19(23(20)13-16-4-2-1-3-5-16)17-12-21-7-6-18(17)22-8-10-25-11-9-22/h1-7,12,19H,8-11,13-15H2. The summed E-state index contributed by atoms with van der Waals surface area (Å²) >= 11 is 0. The third-order valence-corrected chi connectivity index (χ3v) is 4.93. The van der Waals surface area contributed by atoms with Gasteiger partial charge >= 0.3 is 0 Å². The van der Waals surface area contributed by atoms with Gasteiger partial charge in [0, 0.05) is 43.3 Å². The van der Waals surface area contributed by atoms with E-state index in [9.17, 15) is 4.79 Å². The molecule has 1 amide bonds. The molecule has 0 N–H and O–H groups in total. The molecule has 0 aliphatic carbocycles. The Morgan fingerprint density at radius 2 is 1.88 bits per heavy atom. The molecule has 0 bridgehead atoms. The fourth-order valence-electron chi connectivity index (χ4n) is 3.59. The average molecular weight is 353 g/mol. The molecule has 1 aromatic carbocycles. The molecular formula is C20H23N3O3. The average Bonchev–Trinajstić information content (AvgIpc) is 2.71. The number of carbonyl (C=O) groups excluding carboxylic acids is 1. The van der Waals surface area contributed by atoms with E-state index in [2.05, 4.69) is 9.88 Å². The van der Waals surface area contributed by atoms with Crippen molar-refractivity contribution in [2.45, 2.75) is 12.6 Å². The van der Waals surface area contributed by atoms with Gasteiger partial charge in [-0.1, -0.05) is 30.3 Å². The zero-order valence-electron chi connectivity index (χ0n) is 14.7. The predicted molar refractivity (Wildman–Crippen MR) is 97.8 cm³/mol. The first-order valence-electron chi connectivity index (χ1n) is 9.00. The lowest BCUT2D eigenvalue weighted by Crippen LogP contribution is -2.45. The zero-order chi connectivity index (χ0) is 17.8. The minimum atomic E-state index is -0.136. The summed E-state index contributed by atoms with van der Waals surface area (Å²) in [4.78, 5) is 21.2. The van der Waals surface area contributed by atoms with Gasteiger partial charge in [-0.05, 0) is 11.6 Å². The fraction of sp³-hybridized carbons (Fsp3) is 0.400. The van der Waals surface area contributed by atoms with Gasteiger partial charge in [-0.15, -0.1) is 0 Å². The topological polar surface area (TPSA) is 54.9 Å². The van der Waals surface area contributed by atoms with Gasteiger partial charge in [0.05, 0.1) is 25.9 Å². The fourth-order valence-corrected chi connectivity index (χ4v) is 3.59. The highest BCUT2D eigenvalue weighted by molar-refractivity contribution is 5.79. The SMILES string of the molecule is O=C1COCC(c2cnccc2N2CCOCC2)N1Cc1ccccc1. The number of carbonyl (C=O) groups is 1. The Labute approximate surface area is 153 Å². The second-order valence-electron chi connectivity index (χ2n) is 6.57. The van der Waals surface area contributed by atoms with E-state index in [-0.39, 0.29) is 18.6 Å². The minimum absolute atomic E-state index is 0.0156. The molecule has 6 heteroatoms. The highest BCUT2D eigenvalue weighted by Crippen LogP contribution is 2.33. The van der Waals surface area contributed by atoms with Crippen LogP contribution in [0, 0.1) is 0 Å². The first-order chi connectivity index (χ1) is 12.8. The Kier molecular flexibility index (Phi) is 5.13. The Morgan fingerprint density at radius 3 is 2.69 bits per heavy atom. The molecule has 2 aliphatic rings. The third-order valence-electron chi connectivity index (χ3n) is 4.93. The number of pyridine rings is 1. The second kappa shape index (κ2) is 7.85. The van der Waals surface area contributed by atoms with Crippen LogP contribution in [0.2, 0.25) is 0 Å². The lowest BCUT2D eigenvalue weighted by Gasteiger charge is -2.38. The Hall–Kier alpha value is -2.44. The summed E-state index contributed by atoms with van der Waals surface area (Å²) in [7, 11) is 0. The van der Waals surface area contributed by atoms with Gasteiger partial charge in [0.25, 0.3) is 0 Å². The highest BCUT2D eigenvalue weighted by atomic mass is 16.5. The molecule has 2 saturated heterocycles. The maximum atomic E-state index is 12.6. The molecule has 2 aliphatic heterocycles. The van der Waals surface area contributed by atoms with Crippen LogP contribution in [0.15, 0.2) is 48.8 Å². The van der Waals surface area contributed by atoms with Gasteiger partial charge < -0.3 is 19.3 Å². The predicted octanol–water partition coefficient (Wildman–Crippen LogP) is 2.02. The smallest absolute Gasteiger partial charge is 0.249 e. The molecule has 2 aromatic rings. The summed E-state index contributed by atoms with van der Waals surface area (Å²) in [6.07, 6.45) is 3.68. The van der Waals surface area contributed by atoms with Crippen LogP contribution in [-0.4, -0.2) is 55.3 Å². The highest BCUT2D eigenvalue weighted by Gasteiger charge is 2.32. The van der Waals surface area contributed by atoms with Crippen molar-refractivity contribution in [3.8, 4) is 0 Å². The second-order valence-corrected chi connectivity index (χ2v) is 6.57. The van der Waals surface area contributed by atoms with E-state index in [4.69, 9.17) is 9.47 Å². The quantitative estimate of drug-likeness (QED) is 0.842. The molecule has 6 nitrogen and oxygen atoms in total. The molecule has 136 valence electrons. The lowest BCUT2D eigenvalue weighted by atomic mass is 10.0. The Balaban J connectivity index is 1.65. The molecule has 0 saturated carbocycles. The van der Waals surface area contributed by atoms with Gasteiger partial charge in [0.2, 0.25) is 5.91 Å². The summed E-state index contributed by atoms with van der Waals surface area (Å²) in [6, 6.07) is 12.0. The van der Waals surface area contributed by atoms with E-state index in [1.165, 1.54) is 0 Å². The van der Waals surface area contributed by atoms with E-state index in [0.29, 0.717) is 13.2 Å². The lowest BCUT2D eigenvalue weighted by molar-refractivity contribution is -0.149. The van der Waals surface area contributed by atoms with Crippen LogP contribution in [-0.2, 0) is 20.8 Å². The molecule has 4 rings (SSSR count). The maximum Gasteiger partial charge on any atom is 0.249 e. The Bertz CT molecular complexity index is 747. The van der Waals surface area contributed by atoms with Crippen molar-refractivity contribution in [1.29, 1.82) is 0 Å². The van der Waals surface area contributed by atoms with Crippen molar-refractivity contribution in [2.24, 2.45) is 0 Å². The molecule has 3 heterocycles. The van der Waals surface area contributed by atoms with E-state index < -0.39 is 0 Å². The first-order valence-corrected chi connectivity index (χ1v) is 9.00. The number of anilines is 1. The molecule has 1 atom stereocenters. The van der Waals surface area contributed by atoms with Gasteiger partial charge in [0.1, 0.15) is 6.61 Å². The summed E-state index contributed by atoms with van der Waals surface area (Å²) in [5, 5.41) is 0. The van der Waals surface area contributed by atoms with Crippen molar-refractivity contribution >= 4 is 11.6 Å². The summed E-state index contributed by atoms with van der Waals surface area (Å²) in [5.41, 5.74) is 3.27. The number of hydrogen-bond acceptors (Lipinski definition) is 5. The largest absolute Gasteiger partial charge is 0.378 e. The molecule has 0 radical (unpaired) electrons. The van der Waals surface area contributed by atoms with Crippen LogP contribution in [0.5, 0.6) is 0 Å². The number of nitrogens with zero attached hydrogens (tertiary/aromatic N) is 3. The van der Waals surface area contributed by atoms with Crippen LogP contribution in [0.1, 0.15) is 17.2 Å². The van der Waals surface area contributed by atoms with Crippen LogP contribution in [0.3, 0.4) is 0 Å². The Morgan fingerprint density at radius 1 is 1.08 bits per heavy atom. The number of ether oxygens (including phenoxy) is 2. The van der Waals surface area contributed by atoms with Gasteiger partial charge in [-0.3, -0.25) is 9.78 Å². The van der Waals surface area contributed by atoms with E-state index in [1.807, 2.05) is 47.5 Å². The number of benzene rings is 1. The summed E-state index contributed by atoms with van der Waals surface area (Å²) in [6.45, 7) is 4.32.